The fraction of sp³-hybridized carbons (Fsp3) is 0.190. The van der Waals surface area contributed by atoms with Crippen molar-refractivity contribution < 1.29 is 9.47 Å². The Hall–Kier alpha value is -1.79. The topological polar surface area (TPSA) is 43.4 Å². The number of benzene rings is 2. The van der Waals surface area contributed by atoms with Gasteiger partial charge in [0.05, 0.1) is 21.6 Å². The molecule has 0 aliphatic carbocycles. The van der Waals surface area contributed by atoms with Crippen LogP contribution in [-0.4, -0.2) is 12.1 Å². The van der Waals surface area contributed by atoms with Crippen LogP contribution < -0.4 is 14.8 Å². The van der Waals surface area contributed by atoms with E-state index in [1.54, 1.807) is 31.6 Å². The molecule has 2 aromatic carbocycles. The maximum Gasteiger partial charge on any atom is 0.175 e. The molecule has 28 heavy (non-hydrogen) atoms. The zero-order valence-electron chi connectivity index (χ0n) is 15.2. The van der Waals surface area contributed by atoms with Crippen LogP contribution in [0.15, 0.2) is 59.3 Å². The smallest absolute Gasteiger partial charge is 0.175 e. The number of rotatable bonds is 8. The summed E-state index contributed by atoms with van der Waals surface area (Å²) in [5.74, 6) is 1.31. The van der Waals surface area contributed by atoms with E-state index in [9.17, 15) is 0 Å². The lowest BCUT2D eigenvalue weighted by Gasteiger charge is -2.15. The number of ether oxygens (including phenoxy) is 2. The summed E-state index contributed by atoms with van der Waals surface area (Å²) < 4.78 is 12.3. The number of halogens is 3. The van der Waals surface area contributed by atoms with E-state index in [-0.39, 0.29) is 0 Å². The van der Waals surface area contributed by atoms with E-state index >= 15 is 0 Å². The second kappa shape index (κ2) is 10.1. The molecule has 0 fully saturated rings. The third-order valence-electron chi connectivity index (χ3n) is 4.06. The Labute approximate surface area is 182 Å². The zero-order valence-corrected chi connectivity index (χ0v) is 18.3. The van der Waals surface area contributed by atoms with E-state index in [4.69, 9.17) is 32.7 Å². The molecule has 1 aromatic heterocycles. The van der Waals surface area contributed by atoms with Crippen molar-refractivity contribution in [2.24, 2.45) is 0 Å². The van der Waals surface area contributed by atoms with Crippen LogP contribution in [-0.2, 0) is 19.7 Å². The van der Waals surface area contributed by atoms with E-state index in [1.807, 2.05) is 30.3 Å². The first-order chi connectivity index (χ1) is 13.6. The van der Waals surface area contributed by atoms with E-state index < -0.39 is 0 Å². The minimum Gasteiger partial charge on any atom is -0.493 e. The monoisotopic (exact) mass is 480 g/mol. The molecule has 0 amide bonds. The Morgan fingerprint density at radius 2 is 1.68 bits per heavy atom. The number of nitrogens with zero attached hydrogens (tertiary/aromatic N) is 1. The predicted octanol–water partition coefficient (Wildman–Crippen LogP) is 6.03. The molecule has 0 aliphatic heterocycles. The van der Waals surface area contributed by atoms with Crippen LogP contribution in [0.5, 0.6) is 11.5 Å². The van der Waals surface area contributed by atoms with Crippen LogP contribution in [0.3, 0.4) is 0 Å². The molecule has 0 bridgehead atoms. The molecule has 1 N–H and O–H groups in total. The molecule has 7 heteroatoms. The summed E-state index contributed by atoms with van der Waals surface area (Å²) in [6, 6.07) is 13.4. The second-order valence-electron chi connectivity index (χ2n) is 6.11. The minimum absolute atomic E-state index is 0.353. The summed E-state index contributed by atoms with van der Waals surface area (Å²) in [5.41, 5.74) is 3.19. The molecule has 0 saturated carbocycles. The van der Waals surface area contributed by atoms with Crippen LogP contribution in [0.25, 0.3) is 0 Å². The fourth-order valence-electron chi connectivity index (χ4n) is 2.65. The predicted molar refractivity (Wildman–Crippen MR) is 116 cm³/mol. The van der Waals surface area contributed by atoms with Gasteiger partial charge in [-0.25, -0.2) is 0 Å². The average molecular weight is 482 g/mol. The van der Waals surface area contributed by atoms with Gasteiger partial charge in [0.15, 0.2) is 11.5 Å². The van der Waals surface area contributed by atoms with E-state index in [1.165, 1.54) is 5.56 Å². The van der Waals surface area contributed by atoms with Gasteiger partial charge < -0.3 is 14.8 Å². The van der Waals surface area contributed by atoms with Crippen molar-refractivity contribution in [2.75, 3.05) is 7.11 Å². The Balaban J connectivity index is 1.66. The Bertz CT molecular complexity index is 939. The molecule has 3 aromatic rings. The highest BCUT2D eigenvalue weighted by Gasteiger charge is 2.12. The number of methoxy groups -OCH3 is 1. The Kier molecular flexibility index (Phi) is 7.57. The minimum atomic E-state index is 0.353. The van der Waals surface area contributed by atoms with Gasteiger partial charge in [-0.2, -0.15) is 0 Å². The van der Waals surface area contributed by atoms with Gasteiger partial charge in [0.25, 0.3) is 0 Å². The molecule has 0 spiro atoms. The maximum atomic E-state index is 6.07. The van der Waals surface area contributed by atoms with Crippen LogP contribution in [0.1, 0.15) is 16.7 Å². The van der Waals surface area contributed by atoms with Gasteiger partial charge in [-0.15, -0.1) is 0 Å². The Morgan fingerprint density at radius 3 is 2.39 bits per heavy atom. The summed E-state index contributed by atoms with van der Waals surface area (Å²) >= 11 is 15.6. The third-order valence-corrected chi connectivity index (χ3v) is 5.39. The second-order valence-corrected chi connectivity index (χ2v) is 7.77. The van der Waals surface area contributed by atoms with Crippen LogP contribution >= 0.6 is 39.1 Å². The summed E-state index contributed by atoms with van der Waals surface area (Å²) in [4.78, 5) is 4.03. The number of aromatic nitrogens is 1. The number of hydrogen-bond donors (Lipinski definition) is 1. The van der Waals surface area contributed by atoms with Crippen LogP contribution in [0.2, 0.25) is 10.0 Å². The first-order valence-corrected chi connectivity index (χ1v) is 10.1. The lowest BCUT2D eigenvalue weighted by molar-refractivity contribution is 0.282. The molecule has 4 nitrogen and oxygen atoms in total. The van der Waals surface area contributed by atoms with Gasteiger partial charge in [-0.05, 0) is 69.0 Å². The summed E-state index contributed by atoms with van der Waals surface area (Å²) in [5, 5.41) is 4.44. The highest BCUT2D eigenvalue weighted by molar-refractivity contribution is 9.10. The van der Waals surface area contributed by atoms with Crippen molar-refractivity contribution in [3.63, 3.8) is 0 Å². The average Bonchev–Trinajstić information content (AvgIpc) is 2.70. The SMILES string of the molecule is COc1cc(CNCc2ccncc2)cc(Br)c1OCc1ccc(Cl)c(Cl)c1. The molecule has 3 rings (SSSR count). The molecule has 0 atom stereocenters. The quantitative estimate of drug-likeness (QED) is 0.426. The first-order valence-electron chi connectivity index (χ1n) is 8.59. The molecule has 146 valence electrons. The van der Waals surface area contributed by atoms with E-state index in [0.717, 1.165) is 22.1 Å². The van der Waals surface area contributed by atoms with Crippen molar-refractivity contribution >= 4 is 39.1 Å². The lowest BCUT2D eigenvalue weighted by Crippen LogP contribution is -2.13. The summed E-state index contributed by atoms with van der Waals surface area (Å²) in [6.45, 7) is 1.81. The standard InChI is InChI=1S/C21H19BrCl2N2O2/c1-27-20-10-16(12-26-11-14-4-6-25-7-5-14)8-17(22)21(20)28-13-15-2-3-18(23)19(24)9-15/h2-10,26H,11-13H2,1H3. The number of hydrogen-bond acceptors (Lipinski definition) is 4. The number of pyridine rings is 1. The Morgan fingerprint density at radius 1 is 0.929 bits per heavy atom. The molecular weight excluding hydrogens is 463 g/mol. The highest BCUT2D eigenvalue weighted by Crippen LogP contribution is 2.37. The molecule has 0 aliphatic rings. The van der Waals surface area contributed by atoms with Crippen molar-refractivity contribution in [2.45, 2.75) is 19.7 Å². The van der Waals surface area contributed by atoms with E-state index in [0.29, 0.717) is 34.7 Å². The first kappa shape index (κ1) is 20.9. The summed E-state index contributed by atoms with van der Waals surface area (Å²) in [7, 11) is 1.63. The van der Waals surface area contributed by atoms with Crippen LogP contribution in [0.4, 0.5) is 0 Å². The maximum absolute atomic E-state index is 6.07. The lowest BCUT2D eigenvalue weighted by atomic mass is 10.2. The van der Waals surface area contributed by atoms with Gasteiger partial charge in [0.2, 0.25) is 0 Å². The van der Waals surface area contributed by atoms with Gasteiger partial charge >= 0.3 is 0 Å². The van der Waals surface area contributed by atoms with Gasteiger partial charge in [-0.3, -0.25) is 4.98 Å². The van der Waals surface area contributed by atoms with E-state index in [2.05, 4.69) is 26.2 Å². The molecule has 0 saturated heterocycles. The van der Waals surface area contributed by atoms with Gasteiger partial charge in [-0.1, -0.05) is 29.3 Å². The molecule has 1 heterocycles. The van der Waals surface area contributed by atoms with Crippen molar-refractivity contribution in [3.8, 4) is 11.5 Å². The highest BCUT2D eigenvalue weighted by atomic mass is 79.9. The van der Waals surface area contributed by atoms with Gasteiger partial charge in [0, 0.05) is 25.5 Å². The van der Waals surface area contributed by atoms with Crippen molar-refractivity contribution in [1.82, 2.24) is 10.3 Å². The largest absolute Gasteiger partial charge is 0.493 e. The summed E-state index contributed by atoms with van der Waals surface area (Å²) in [6.07, 6.45) is 3.58. The normalized spacial score (nSPS) is 10.7. The van der Waals surface area contributed by atoms with Crippen molar-refractivity contribution in [3.05, 3.63) is 86.1 Å². The molecular formula is C21H19BrCl2N2O2. The molecule has 0 radical (unpaired) electrons. The third kappa shape index (κ3) is 5.61. The zero-order chi connectivity index (χ0) is 19.9. The van der Waals surface area contributed by atoms with Gasteiger partial charge in [0.1, 0.15) is 6.61 Å². The fourth-order valence-corrected chi connectivity index (χ4v) is 3.58. The molecule has 0 unspecified atom stereocenters. The van der Waals surface area contributed by atoms with Crippen LogP contribution in [0, 0.1) is 0 Å². The number of nitrogens with one attached hydrogen (secondary N) is 1. The van der Waals surface area contributed by atoms with Crippen molar-refractivity contribution in [1.29, 1.82) is 0 Å².